The van der Waals surface area contributed by atoms with Gasteiger partial charge in [0.2, 0.25) is 0 Å². The number of hydrogen-bond acceptors (Lipinski definition) is 5. The second kappa shape index (κ2) is 9.49. The van der Waals surface area contributed by atoms with Crippen LogP contribution < -0.4 is 4.74 Å². The molecule has 3 atom stereocenters. The number of amides is 1. The molecule has 6 heteroatoms. The Kier molecular flexibility index (Phi) is 6.52. The summed E-state index contributed by atoms with van der Waals surface area (Å²) in [6.45, 7) is 4.24. The zero-order valence-corrected chi connectivity index (χ0v) is 22.0. The van der Waals surface area contributed by atoms with Crippen molar-refractivity contribution >= 4 is 17.9 Å². The summed E-state index contributed by atoms with van der Waals surface area (Å²) in [5.74, 6) is 0.817. The molecule has 1 fully saturated rings. The van der Waals surface area contributed by atoms with Crippen molar-refractivity contribution in [2.75, 3.05) is 13.4 Å². The molecule has 0 bridgehead atoms. The molecule has 1 aliphatic heterocycles. The van der Waals surface area contributed by atoms with Crippen LogP contribution in [0.2, 0.25) is 0 Å². The van der Waals surface area contributed by atoms with Gasteiger partial charge in [0.25, 0.3) is 0 Å². The molecule has 1 saturated heterocycles. The molecule has 5 nitrogen and oxygen atoms in total. The van der Waals surface area contributed by atoms with E-state index in [0.29, 0.717) is 12.8 Å². The molecule has 1 aliphatic carbocycles. The average molecular weight is 504 g/mol. The van der Waals surface area contributed by atoms with E-state index < -0.39 is 22.7 Å². The smallest absolute Gasteiger partial charge is 0.412 e. The Bertz CT molecular complexity index is 1190. The van der Waals surface area contributed by atoms with Gasteiger partial charge in [-0.2, -0.15) is 0 Å². The van der Waals surface area contributed by atoms with Crippen molar-refractivity contribution in [3.63, 3.8) is 0 Å². The molecule has 1 heterocycles. The second-order valence-corrected chi connectivity index (χ2v) is 10.8. The number of benzene rings is 3. The third-order valence-electron chi connectivity index (χ3n) is 7.67. The van der Waals surface area contributed by atoms with Gasteiger partial charge in [-0.3, -0.25) is 4.90 Å². The van der Waals surface area contributed by atoms with E-state index in [4.69, 9.17) is 9.47 Å². The van der Waals surface area contributed by atoms with Crippen molar-refractivity contribution in [2.45, 2.75) is 49.3 Å². The third-order valence-corrected chi connectivity index (χ3v) is 8.74. The first-order chi connectivity index (χ1) is 17.4. The summed E-state index contributed by atoms with van der Waals surface area (Å²) >= 11 is 1.49. The van der Waals surface area contributed by atoms with Gasteiger partial charge < -0.3 is 14.6 Å². The minimum Gasteiger partial charge on any atom is -0.496 e. The largest absolute Gasteiger partial charge is 0.496 e. The number of hydrogen-bond donors (Lipinski definition) is 1. The number of ether oxygens (including phenoxy) is 2. The lowest BCUT2D eigenvalue weighted by Gasteiger charge is -2.44. The minimum atomic E-state index is -1.24. The molecule has 188 valence electrons. The van der Waals surface area contributed by atoms with Crippen LogP contribution in [-0.2, 0) is 22.4 Å². The van der Waals surface area contributed by atoms with Gasteiger partial charge in [-0.15, -0.1) is 11.8 Å². The van der Waals surface area contributed by atoms with Crippen LogP contribution in [0.1, 0.15) is 42.5 Å². The maximum atomic E-state index is 13.9. The third kappa shape index (κ3) is 3.61. The standard InChI is InChI=1S/C30H33NO4S/c1-20(2)26-30(21-12-7-5-8-13-21,22-14-9-6-10-15-22)35-28(32)31(26)27(36-4)29(33)19-18-23-24(29)16-11-17-25(23)34-3/h5-17,20,26-27,33H,18-19H2,1-4H3/t26-,27-,29-/m0/s1. The Morgan fingerprint density at radius 2 is 1.61 bits per heavy atom. The molecule has 36 heavy (non-hydrogen) atoms. The van der Waals surface area contributed by atoms with Gasteiger partial charge in [0.05, 0.1) is 13.2 Å². The van der Waals surface area contributed by atoms with Crippen molar-refractivity contribution < 1.29 is 19.4 Å². The predicted molar refractivity (Wildman–Crippen MR) is 143 cm³/mol. The lowest BCUT2D eigenvalue weighted by molar-refractivity contribution is -0.0175. The fraction of sp³-hybridized carbons (Fsp3) is 0.367. The molecule has 1 N–H and O–H groups in total. The van der Waals surface area contributed by atoms with Gasteiger partial charge in [-0.25, -0.2) is 4.79 Å². The van der Waals surface area contributed by atoms with Gasteiger partial charge in [-0.1, -0.05) is 86.6 Å². The fourth-order valence-electron chi connectivity index (χ4n) is 6.26. The van der Waals surface area contributed by atoms with E-state index in [2.05, 4.69) is 13.8 Å². The Labute approximate surface area is 217 Å². The van der Waals surface area contributed by atoms with Crippen LogP contribution >= 0.6 is 11.8 Å². The normalized spacial score (nSPS) is 23.4. The summed E-state index contributed by atoms with van der Waals surface area (Å²) < 4.78 is 12.1. The molecule has 3 aromatic rings. The Balaban J connectivity index is 1.69. The van der Waals surface area contributed by atoms with Crippen LogP contribution in [-0.4, -0.2) is 40.9 Å². The van der Waals surface area contributed by atoms with E-state index in [1.165, 1.54) is 11.8 Å². The maximum Gasteiger partial charge on any atom is 0.412 e. The topological polar surface area (TPSA) is 59.0 Å². The second-order valence-electron chi connectivity index (χ2n) is 9.93. The van der Waals surface area contributed by atoms with Gasteiger partial charge >= 0.3 is 6.09 Å². The van der Waals surface area contributed by atoms with Crippen molar-refractivity contribution in [3.8, 4) is 5.75 Å². The van der Waals surface area contributed by atoms with Crippen LogP contribution in [0.5, 0.6) is 5.75 Å². The first kappa shape index (κ1) is 24.7. The fourth-order valence-corrected chi connectivity index (χ4v) is 7.33. The molecular weight excluding hydrogens is 470 g/mol. The van der Waals surface area contributed by atoms with Crippen molar-refractivity contribution in [1.82, 2.24) is 4.90 Å². The number of carbonyl (C=O) groups excluding carboxylic acids is 1. The molecule has 0 saturated carbocycles. The first-order valence-corrected chi connectivity index (χ1v) is 13.7. The Hall–Kier alpha value is -2.96. The summed E-state index contributed by atoms with van der Waals surface area (Å²) in [7, 11) is 1.65. The number of methoxy groups -OCH3 is 1. The number of cyclic esters (lactones) is 1. The molecule has 2 aliphatic rings. The highest BCUT2D eigenvalue weighted by Gasteiger charge is 2.62. The van der Waals surface area contributed by atoms with E-state index in [1.807, 2.05) is 90.0 Å². The summed E-state index contributed by atoms with van der Waals surface area (Å²) in [5, 5.41) is 11.7. The highest BCUT2D eigenvalue weighted by Crippen LogP contribution is 2.53. The summed E-state index contributed by atoms with van der Waals surface area (Å²) in [4.78, 5) is 15.7. The van der Waals surface area contributed by atoms with Crippen LogP contribution in [0.4, 0.5) is 4.79 Å². The number of fused-ring (bicyclic) bond motifs is 1. The lowest BCUT2D eigenvalue weighted by Crippen LogP contribution is -2.56. The zero-order valence-electron chi connectivity index (χ0n) is 21.2. The minimum absolute atomic E-state index is 0.0429. The van der Waals surface area contributed by atoms with Crippen LogP contribution in [0, 0.1) is 5.92 Å². The van der Waals surface area contributed by atoms with E-state index in [-0.39, 0.29) is 12.0 Å². The number of rotatable bonds is 7. The monoisotopic (exact) mass is 503 g/mol. The van der Waals surface area contributed by atoms with E-state index in [9.17, 15) is 9.90 Å². The molecule has 1 amide bonds. The molecule has 0 spiro atoms. The number of nitrogens with zero attached hydrogens (tertiary/aromatic N) is 1. The SMILES string of the molecule is COc1cccc2c1CC[C@@]2(O)[C@H](SC)N1C(=O)OC(c2ccccc2)(c2ccccc2)[C@@H]1C(C)C. The number of carbonyl (C=O) groups is 1. The van der Waals surface area contributed by atoms with E-state index >= 15 is 0 Å². The predicted octanol–water partition coefficient (Wildman–Crippen LogP) is 5.94. The lowest BCUT2D eigenvalue weighted by atomic mass is 9.75. The average Bonchev–Trinajstić information content (AvgIpc) is 3.41. The molecule has 3 aromatic carbocycles. The van der Waals surface area contributed by atoms with Crippen molar-refractivity contribution in [2.24, 2.45) is 5.92 Å². The maximum absolute atomic E-state index is 13.9. The van der Waals surface area contributed by atoms with Crippen LogP contribution in [0.15, 0.2) is 78.9 Å². The van der Waals surface area contributed by atoms with Gasteiger partial charge in [-0.05, 0) is 36.6 Å². The van der Waals surface area contributed by atoms with Crippen molar-refractivity contribution in [3.05, 3.63) is 101 Å². The highest BCUT2D eigenvalue weighted by molar-refractivity contribution is 7.99. The van der Waals surface area contributed by atoms with Gasteiger partial charge in [0.15, 0.2) is 5.60 Å². The number of thioether (sulfide) groups is 1. The van der Waals surface area contributed by atoms with Crippen LogP contribution in [0.3, 0.4) is 0 Å². The summed E-state index contributed by atoms with van der Waals surface area (Å²) in [5.41, 5.74) is 1.44. The van der Waals surface area contributed by atoms with Crippen LogP contribution in [0.25, 0.3) is 0 Å². The molecule has 5 rings (SSSR count). The van der Waals surface area contributed by atoms with E-state index in [0.717, 1.165) is 28.0 Å². The molecular formula is C30H33NO4S. The summed E-state index contributed by atoms with van der Waals surface area (Å²) in [6, 6.07) is 25.4. The van der Waals surface area contributed by atoms with Gasteiger partial charge in [0, 0.05) is 16.7 Å². The Morgan fingerprint density at radius 3 is 2.14 bits per heavy atom. The quantitative estimate of drug-likeness (QED) is 0.433. The van der Waals surface area contributed by atoms with Crippen molar-refractivity contribution in [1.29, 1.82) is 0 Å². The van der Waals surface area contributed by atoms with E-state index in [1.54, 1.807) is 7.11 Å². The highest BCUT2D eigenvalue weighted by atomic mass is 32.2. The summed E-state index contributed by atoms with van der Waals surface area (Å²) in [6.07, 6.45) is 2.73. The first-order valence-electron chi connectivity index (χ1n) is 12.4. The number of aliphatic hydroxyl groups is 1. The zero-order chi connectivity index (χ0) is 25.5. The molecule has 0 radical (unpaired) electrons. The Morgan fingerprint density at radius 1 is 1.00 bits per heavy atom. The van der Waals surface area contributed by atoms with Gasteiger partial charge in [0.1, 0.15) is 16.7 Å². The molecule has 0 unspecified atom stereocenters. The molecule has 0 aromatic heterocycles.